The summed E-state index contributed by atoms with van der Waals surface area (Å²) in [6.07, 6.45) is -0.625. The number of nitrogens with one attached hydrogen (secondary N) is 2. The number of carboxylic acid groups (broad SMARTS) is 1. The largest absolute Gasteiger partial charge is 0.497 e. The second-order valence-electron chi connectivity index (χ2n) is 10.7. The van der Waals surface area contributed by atoms with Crippen LogP contribution in [-0.4, -0.2) is 90.0 Å². The predicted octanol–water partition coefficient (Wildman–Crippen LogP) is 1.89. The van der Waals surface area contributed by atoms with Gasteiger partial charge >= 0.3 is 6.09 Å². The second kappa shape index (κ2) is 11.9. The fourth-order valence-corrected chi connectivity index (χ4v) is 5.14. The lowest BCUT2D eigenvalue weighted by molar-refractivity contribution is -0.143. The van der Waals surface area contributed by atoms with Gasteiger partial charge in [-0.05, 0) is 38.0 Å². The third kappa shape index (κ3) is 6.42. The first-order valence-electron chi connectivity index (χ1n) is 13.2. The molecule has 12 heteroatoms. The molecule has 12 nitrogen and oxygen atoms in total. The van der Waals surface area contributed by atoms with Crippen molar-refractivity contribution in [2.45, 2.75) is 38.3 Å². The van der Waals surface area contributed by atoms with E-state index in [1.165, 1.54) is 26.0 Å². The molecular weight excluding hydrogens is 530 g/mol. The third-order valence-electron chi connectivity index (χ3n) is 7.31. The Morgan fingerprint density at radius 3 is 2.51 bits per heavy atom. The Hall–Kier alpha value is -4.61. The maximum atomic E-state index is 14.0. The summed E-state index contributed by atoms with van der Waals surface area (Å²) < 4.78 is 11.1. The quantitative estimate of drug-likeness (QED) is 0.398. The van der Waals surface area contributed by atoms with Gasteiger partial charge in [0.25, 0.3) is 5.91 Å². The molecule has 218 valence electrons. The van der Waals surface area contributed by atoms with Crippen LogP contribution in [-0.2, 0) is 20.8 Å². The number of hydrazone groups is 1. The summed E-state index contributed by atoms with van der Waals surface area (Å²) in [6.45, 7) is 2.92. The van der Waals surface area contributed by atoms with Crippen molar-refractivity contribution in [1.82, 2.24) is 20.5 Å². The summed E-state index contributed by atoms with van der Waals surface area (Å²) in [5.74, 6) is -0.395. The highest BCUT2D eigenvalue weighted by molar-refractivity contribution is 6.13. The maximum absolute atomic E-state index is 14.0. The number of hydrogen-bond donors (Lipinski definition) is 3. The van der Waals surface area contributed by atoms with Gasteiger partial charge in [-0.25, -0.2) is 9.80 Å². The molecular formula is C29H35N5O7. The van der Waals surface area contributed by atoms with Crippen LogP contribution in [0.5, 0.6) is 11.5 Å². The minimum absolute atomic E-state index is 0.0744. The van der Waals surface area contributed by atoms with Crippen LogP contribution in [0, 0.1) is 5.41 Å². The molecule has 2 heterocycles. The van der Waals surface area contributed by atoms with E-state index >= 15 is 0 Å². The topological polar surface area (TPSA) is 150 Å². The van der Waals surface area contributed by atoms with Crippen LogP contribution in [0.15, 0.2) is 59.7 Å². The third-order valence-corrected chi connectivity index (χ3v) is 7.31. The number of piperidine rings is 1. The molecule has 2 aliphatic rings. The summed E-state index contributed by atoms with van der Waals surface area (Å²) in [6, 6.07) is 15.2. The van der Waals surface area contributed by atoms with Crippen molar-refractivity contribution in [2.75, 3.05) is 33.9 Å². The number of benzene rings is 2. The van der Waals surface area contributed by atoms with E-state index in [9.17, 15) is 24.3 Å². The monoisotopic (exact) mass is 565 g/mol. The van der Waals surface area contributed by atoms with Gasteiger partial charge in [0.1, 0.15) is 35.1 Å². The van der Waals surface area contributed by atoms with Crippen LogP contribution in [0.4, 0.5) is 4.79 Å². The van der Waals surface area contributed by atoms with Crippen molar-refractivity contribution in [3.63, 3.8) is 0 Å². The summed E-state index contributed by atoms with van der Waals surface area (Å²) in [7, 11) is 3.12. The molecule has 0 saturated carbocycles. The highest BCUT2D eigenvalue weighted by atomic mass is 16.5. The van der Waals surface area contributed by atoms with E-state index in [1.54, 1.807) is 36.2 Å². The van der Waals surface area contributed by atoms with Crippen LogP contribution in [0.25, 0.3) is 0 Å². The minimum Gasteiger partial charge on any atom is -0.497 e. The average molecular weight is 566 g/mol. The first kappa shape index (κ1) is 29.4. The summed E-state index contributed by atoms with van der Waals surface area (Å²) in [5.41, 5.74) is -0.902. The van der Waals surface area contributed by atoms with Crippen molar-refractivity contribution in [3.05, 3.63) is 60.2 Å². The van der Waals surface area contributed by atoms with Crippen molar-refractivity contribution < 1.29 is 33.8 Å². The highest BCUT2D eigenvalue weighted by Gasteiger charge is 2.54. The van der Waals surface area contributed by atoms with E-state index in [0.717, 1.165) is 11.3 Å². The molecule has 3 N–H and O–H groups in total. The lowest BCUT2D eigenvalue weighted by atomic mass is 9.73. The molecule has 2 aromatic rings. The van der Waals surface area contributed by atoms with Gasteiger partial charge in [-0.15, -0.1) is 0 Å². The number of carbonyl (C=O) groups excluding carboxylic acids is 3. The normalized spacial score (nSPS) is 19.1. The molecule has 0 aliphatic carbocycles. The van der Waals surface area contributed by atoms with Crippen LogP contribution >= 0.6 is 0 Å². The zero-order chi connectivity index (χ0) is 29.8. The Kier molecular flexibility index (Phi) is 8.50. The van der Waals surface area contributed by atoms with Gasteiger partial charge in [0.2, 0.25) is 11.8 Å². The lowest BCUT2D eigenvalue weighted by Gasteiger charge is -2.40. The van der Waals surface area contributed by atoms with Crippen LogP contribution < -0.4 is 20.1 Å². The van der Waals surface area contributed by atoms with Gasteiger partial charge in [0.15, 0.2) is 0 Å². The SMILES string of the molecule is COc1cccc(OC[C@@H](NC(=O)C(C)(C)NC(=O)O)C(=O)N2CCC3=NN(C)C(=O)[C@]3(Cc3ccccc3)C2)c1. The Morgan fingerprint density at radius 1 is 1.12 bits per heavy atom. The van der Waals surface area contributed by atoms with Gasteiger partial charge in [0.05, 0.1) is 12.8 Å². The molecule has 0 unspecified atom stereocenters. The molecule has 2 aliphatic heterocycles. The van der Waals surface area contributed by atoms with Gasteiger partial charge in [-0.3, -0.25) is 14.4 Å². The first-order valence-corrected chi connectivity index (χ1v) is 13.2. The fraction of sp³-hybridized carbons (Fsp3) is 0.414. The van der Waals surface area contributed by atoms with Crippen LogP contribution in [0.3, 0.4) is 0 Å². The van der Waals surface area contributed by atoms with Crippen LogP contribution in [0.1, 0.15) is 25.8 Å². The average Bonchev–Trinajstić information content (AvgIpc) is 3.19. The first-order chi connectivity index (χ1) is 19.4. The number of ether oxygens (including phenoxy) is 2. The molecule has 1 saturated heterocycles. The molecule has 0 radical (unpaired) electrons. The molecule has 4 rings (SSSR count). The van der Waals surface area contributed by atoms with E-state index in [4.69, 9.17) is 9.47 Å². The van der Waals surface area contributed by atoms with E-state index in [1.807, 2.05) is 30.3 Å². The minimum atomic E-state index is -1.53. The number of fused-ring (bicyclic) bond motifs is 1. The van der Waals surface area contributed by atoms with E-state index in [0.29, 0.717) is 24.3 Å². The molecule has 0 aromatic heterocycles. The number of carbonyl (C=O) groups is 4. The molecule has 2 aromatic carbocycles. The Balaban J connectivity index is 1.60. The molecule has 0 bridgehead atoms. The molecule has 1 fully saturated rings. The molecule has 2 atom stereocenters. The van der Waals surface area contributed by atoms with Crippen LogP contribution in [0.2, 0.25) is 0 Å². The Labute approximate surface area is 238 Å². The molecule has 41 heavy (non-hydrogen) atoms. The van der Waals surface area contributed by atoms with E-state index in [-0.39, 0.29) is 25.6 Å². The highest BCUT2D eigenvalue weighted by Crippen LogP contribution is 2.38. The number of methoxy groups -OCH3 is 1. The summed E-state index contributed by atoms with van der Waals surface area (Å²) in [4.78, 5) is 53.4. The summed E-state index contributed by atoms with van der Waals surface area (Å²) >= 11 is 0. The van der Waals surface area contributed by atoms with Crippen molar-refractivity contribution in [2.24, 2.45) is 10.5 Å². The molecule has 0 spiro atoms. The molecule has 4 amide bonds. The number of likely N-dealkylation sites (tertiary alicyclic amines) is 1. The fourth-order valence-electron chi connectivity index (χ4n) is 5.14. The standard InChI is InChI=1S/C29H35N5O7/c1-28(2,31-27(38)39)25(36)30-22(17-41-21-12-8-11-20(15-21)40-4)24(35)34-14-13-23-29(18-34,26(37)33(3)32-23)16-19-9-6-5-7-10-19/h5-12,15,22,31H,13-14,16-18H2,1-4H3,(H,30,36)(H,38,39)/t22-,29-/m1/s1. The van der Waals surface area contributed by atoms with Gasteiger partial charge in [-0.2, -0.15) is 5.10 Å². The number of rotatable bonds is 10. The Morgan fingerprint density at radius 2 is 1.83 bits per heavy atom. The van der Waals surface area contributed by atoms with Gasteiger partial charge < -0.3 is 30.1 Å². The van der Waals surface area contributed by atoms with Crippen molar-refractivity contribution >= 4 is 29.5 Å². The van der Waals surface area contributed by atoms with Gasteiger partial charge in [0, 0.05) is 32.6 Å². The lowest BCUT2D eigenvalue weighted by Crippen LogP contribution is -2.62. The number of amides is 4. The summed E-state index contributed by atoms with van der Waals surface area (Å²) in [5, 5.41) is 19.8. The van der Waals surface area contributed by atoms with E-state index in [2.05, 4.69) is 15.7 Å². The predicted molar refractivity (Wildman–Crippen MR) is 150 cm³/mol. The zero-order valence-electron chi connectivity index (χ0n) is 23.5. The maximum Gasteiger partial charge on any atom is 0.405 e. The van der Waals surface area contributed by atoms with Gasteiger partial charge in [-0.1, -0.05) is 36.4 Å². The van der Waals surface area contributed by atoms with Crippen molar-refractivity contribution in [3.8, 4) is 11.5 Å². The second-order valence-corrected chi connectivity index (χ2v) is 10.7. The van der Waals surface area contributed by atoms with E-state index < -0.39 is 34.9 Å². The smallest absolute Gasteiger partial charge is 0.405 e. The number of nitrogens with zero attached hydrogens (tertiary/aromatic N) is 3. The Bertz CT molecular complexity index is 1350. The number of hydrogen-bond acceptors (Lipinski definition) is 7. The zero-order valence-corrected chi connectivity index (χ0v) is 23.5. The van der Waals surface area contributed by atoms with Crippen molar-refractivity contribution in [1.29, 1.82) is 0 Å².